The van der Waals surface area contributed by atoms with Crippen molar-refractivity contribution in [3.05, 3.63) is 36.0 Å². The fraction of sp³-hybridized carbons (Fsp3) is 0.542. The number of aromatic nitrogens is 2. The van der Waals surface area contributed by atoms with Gasteiger partial charge in [0.25, 0.3) is 0 Å². The van der Waals surface area contributed by atoms with E-state index in [1.165, 1.54) is 4.90 Å². The number of ether oxygens (including phenoxy) is 1. The van der Waals surface area contributed by atoms with Crippen LogP contribution in [0, 0.1) is 0 Å². The number of benzene rings is 1. The number of carbonyl (C=O) groups excluding carboxylic acids is 2. The Kier molecular flexibility index (Phi) is 7.93. The lowest BCUT2D eigenvalue weighted by Crippen LogP contribution is -2.41. The van der Waals surface area contributed by atoms with E-state index in [2.05, 4.69) is 31.4 Å². The molecule has 0 fully saturated rings. The molecule has 0 saturated heterocycles. The van der Waals surface area contributed by atoms with Gasteiger partial charge in [-0.3, -0.25) is 4.79 Å². The van der Waals surface area contributed by atoms with E-state index in [1.54, 1.807) is 19.2 Å². The van der Waals surface area contributed by atoms with Gasteiger partial charge in [-0.1, -0.05) is 39.8 Å². The Hall–Kier alpha value is -3.03. The lowest BCUT2D eigenvalue weighted by atomic mass is 9.92. The Morgan fingerprint density at radius 1 is 1.09 bits per heavy atom. The molecular weight excluding hydrogens is 406 g/mol. The predicted molar refractivity (Wildman–Crippen MR) is 128 cm³/mol. The number of methoxy groups -OCH3 is 1. The number of urea groups is 1. The van der Waals surface area contributed by atoms with Crippen molar-refractivity contribution in [1.82, 2.24) is 14.7 Å². The largest absolute Gasteiger partial charge is 0.495 e. The average Bonchev–Trinajstić information content (AvgIpc) is 3.12. The van der Waals surface area contributed by atoms with Crippen LogP contribution in [-0.4, -0.2) is 46.8 Å². The summed E-state index contributed by atoms with van der Waals surface area (Å²) in [5, 5.41) is 10.5. The summed E-state index contributed by atoms with van der Waals surface area (Å²) in [5.41, 5.74) is 0.985. The van der Waals surface area contributed by atoms with Crippen molar-refractivity contribution in [1.29, 1.82) is 0 Å². The van der Waals surface area contributed by atoms with Crippen LogP contribution in [-0.2, 0) is 15.7 Å². The number of nitrogens with one attached hydrogen (secondary N) is 2. The highest BCUT2D eigenvalue weighted by molar-refractivity contribution is 5.97. The summed E-state index contributed by atoms with van der Waals surface area (Å²) in [6, 6.07) is 8.73. The van der Waals surface area contributed by atoms with Crippen LogP contribution in [0.5, 0.6) is 5.75 Å². The van der Waals surface area contributed by atoms with E-state index in [0.29, 0.717) is 23.8 Å². The zero-order valence-corrected chi connectivity index (χ0v) is 20.6. The number of rotatable bonds is 7. The number of para-hydroxylation sites is 2. The molecule has 0 unspecified atom stereocenters. The normalized spacial score (nSPS) is 11.8. The van der Waals surface area contributed by atoms with Crippen molar-refractivity contribution in [2.24, 2.45) is 0 Å². The SMILES string of the molecule is CCCN(CC(=O)Nc1cc(C(C)(C)C)nn1C(C)(C)C)C(=O)Nc1ccccc1OC. The standard InChI is InChI=1S/C24H37N5O3/c1-9-14-28(22(31)25-17-12-10-11-13-18(17)32-8)16-21(30)26-20-15-19(23(2,3)4)27-29(20)24(5,6)7/h10-13,15H,9,14,16H2,1-8H3,(H,25,31)(H,26,30). The summed E-state index contributed by atoms with van der Waals surface area (Å²) in [6.45, 7) is 14.7. The maximum absolute atomic E-state index is 12.9. The minimum absolute atomic E-state index is 0.0744. The molecule has 8 nitrogen and oxygen atoms in total. The molecular formula is C24H37N5O3. The molecule has 176 valence electrons. The number of hydrogen-bond acceptors (Lipinski definition) is 4. The molecule has 2 aromatic rings. The maximum atomic E-state index is 12.9. The van der Waals surface area contributed by atoms with Crippen LogP contribution in [0.4, 0.5) is 16.3 Å². The molecule has 0 bridgehead atoms. The lowest BCUT2D eigenvalue weighted by Gasteiger charge is -2.25. The van der Waals surface area contributed by atoms with Crippen molar-refractivity contribution in [2.75, 3.05) is 30.8 Å². The van der Waals surface area contributed by atoms with Gasteiger partial charge in [0.15, 0.2) is 0 Å². The van der Waals surface area contributed by atoms with Crippen LogP contribution in [0.25, 0.3) is 0 Å². The highest BCUT2D eigenvalue weighted by Gasteiger charge is 2.26. The van der Waals surface area contributed by atoms with Gasteiger partial charge in [-0.05, 0) is 39.3 Å². The van der Waals surface area contributed by atoms with E-state index in [4.69, 9.17) is 9.84 Å². The van der Waals surface area contributed by atoms with Crippen LogP contribution in [0.1, 0.15) is 60.6 Å². The first-order chi connectivity index (χ1) is 14.9. The lowest BCUT2D eigenvalue weighted by molar-refractivity contribution is -0.116. The molecule has 8 heteroatoms. The van der Waals surface area contributed by atoms with Gasteiger partial charge in [0, 0.05) is 18.0 Å². The predicted octanol–water partition coefficient (Wildman–Crippen LogP) is 4.83. The van der Waals surface area contributed by atoms with E-state index >= 15 is 0 Å². The molecule has 0 aliphatic heterocycles. The van der Waals surface area contributed by atoms with Gasteiger partial charge in [-0.25, -0.2) is 9.48 Å². The van der Waals surface area contributed by atoms with E-state index < -0.39 is 0 Å². The van der Waals surface area contributed by atoms with Gasteiger partial charge in [-0.15, -0.1) is 0 Å². The van der Waals surface area contributed by atoms with Crippen LogP contribution < -0.4 is 15.4 Å². The highest BCUT2D eigenvalue weighted by Crippen LogP contribution is 2.28. The second kappa shape index (κ2) is 10.1. The zero-order chi connectivity index (χ0) is 24.1. The fourth-order valence-electron chi connectivity index (χ4n) is 3.17. The molecule has 0 atom stereocenters. The second-order valence-electron chi connectivity index (χ2n) is 9.85. The summed E-state index contributed by atoms with van der Waals surface area (Å²) < 4.78 is 7.12. The fourth-order valence-corrected chi connectivity index (χ4v) is 3.17. The highest BCUT2D eigenvalue weighted by atomic mass is 16.5. The molecule has 0 spiro atoms. The Balaban J connectivity index is 2.18. The van der Waals surface area contributed by atoms with E-state index in [1.807, 2.05) is 50.6 Å². The quantitative estimate of drug-likeness (QED) is 0.642. The summed E-state index contributed by atoms with van der Waals surface area (Å²) >= 11 is 0. The van der Waals surface area contributed by atoms with Gasteiger partial charge >= 0.3 is 6.03 Å². The molecule has 2 N–H and O–H groups in total. The van der Waals surface area contributed by atoms with Crippen molar-refractivity contribution in [3.8, 4) is 5.75 Å². The monoisotopic (exact) mass is 443 g/mol. The average molecular weight is 444 g/mol. The Morgan fingerprint density at radius 2 is 1.75 bits per heavy atom. The summed E-state index contributed by atoms with van der Waals surface area (Å²) in [6.07, 6.45) is 0.723. The first-order valence-electron chi connectivity index (χ1n) is 11.0. The van der Waals surface area contributed by atoms with E-state index in [0.717, 1.165) is 12.1 Å². The van der Waals surface area contributed by atoms with Crippen LogP contribution in [0.2, 0.25) is 0 Å². The molecule has 0 radical (unpaired) electrons. The van der Waals surface area contributed by atoms with E-state index in [9.17, 15) is 9.59 Å². The minimum atomic E-state index is -0.355. The third kappa shape index (κ3) is 6.48. The van der Waals surface area contributed by atoms with Gasteiger partial charge < -0.3 is 20.3 Å². The third-order valence-electron chi connectivity index (χ3n) is 4.84. The molecule has 2 rings (SSSR count). The van der Waals surface area contributed by atoms with E-state index in [-0.39, 0.29) is 29.4 Å². The molecule has 0 aliphatic carbocycles. The van der Waals surface area contributed by atoms with Gasteiger partial charge in [0.2, 0.25) is 5.91 Å². The number of anilines is 2. The van der Waals surface area contributed by atoms with Gasteiger partial charge in [0.05, 0.1) is 24.0 Å². The zero-order valence-electron chi connectivity index (χ0n) is 20.6. The van der Waals surface area contributed by atoms with Crippen LogP contribution in [0.3, 0.4) is 0 Å². The van der Waals surface area contributed by atoms with Crippen LogP contribution >= 0.6 is 0 Å². The minimum Gasteiger partial charge on any atom is -0.495 e. The number of amides is 3. The molecule has 1 aromatic carbocycles. The Labute approximate surface area is 191 Å². The number of carbonyl (C=O) groups is 2. The van der Waals surface area contributed by atoms with Crippen molar-refractivity contribution >= 4 is 23.4 Å². The topological polar surface area (TPSA) is 88.5 Å². The Bertz CT molecular complexity index is 938. The van der Waals surface area contributed by atoms with Gasteiger partial charge in [0.1, 0.15) is 18.1 Å². The molecule has 1 aromatic heterocycles. The van der Waals surface area contributed by atoms with Crippen molar-refractivity contribution in [2.45, 2.75) is 65.8 Å². The van der Waals surface area contributed by atoms with Crippen molar-refractivity contribution in [3.63, 3.8) is 0 Å². The van der Waals surface area contributed by atoms with Gasteiger partial charge in [-0.2, -0.15) is 5.10 Å². The molecule has 0 saturated carbocycles. The number of nitrogens with zero attached hydrogens (tertiary/aromatic N) is 3. The molecule has 32 heavy (non-hydrogen) atoms. The third-order valence-corrected chi connectivity index (χ3v) is 4.84. The maximum Gasteiger partial charge on any atom is 0.322 e. The van der Waals surface area contributed by atoms with Crippen molar-refractivity contribution < 1.29 is 14.3 Å². The van der Waals surface area contributed by atoms with Crippen LogP contribution in [0.15, 0.2) is 30.3 Å². The molecule has 1 heterocycles. The number of hydrogen-bond donors (Lipinski definition) is 2. The first-order valence-corrected chi connectivity index (χ1v) is 11.0. The molecule has 3 amide bonds. The summed E-state index contributed by atoms with van der Waals surface area (Å²) in [4.78, 5) is 27.3. The summed E-state index contributed by atoms with van der Waals surface area (Å²) in [5.74, 6) is 0.902. The summed E-state index contributed by atoms with van der Waals surface area (Å²) in [7, 11) is 1.55. The first kappa shape index (κ1) is 25.2. The Morgan fingerprint density at radius 3 is 2.31 bits per heavy atom. The smallest absolute Gasteiger partial charge is 0.322 e. The molecule has 0 aliphatic rings. The second-order valence-corrected chi connectivity index (χ2v) is 9.85.